The first-order valence-corrected chi connectivity index (χ1v) is 6.07. The van der Waals surface area contributed by atoms with Crippen LogP contribution in [-0.2, 0) is 0 Å². The van der Waals surface area contributed by atoms with Crippen molar-refractivity contribution in [2.75, 3.05) is 26.1 Å². The van der Waals surface area contributed by atoms with Crippen molar-refractivity contribution >= 4 is 5.82 Å². The Labute approximate surface area is 110 Å². The first-order chi connectivity index (χ1) is 9.29. The van der Waals surface area contributed by atoms with Gasteiger partial charge in [-0.15, -0.1) is 0 Å². The molecule has 3 N–H and O–H groups in total. The molecule has 0 aliphatic carbocycles. The number of fused-ring (bicyclic) bond motifs is 1. The summed E-state index contributed by atoms with van der Waals surface area (Å²) >= 11 is 0. The number of aromatic amines is 1. The summed E-state index contributed by atoms with van der Waals surface area (Å²) in [5, 5.41) is 6.82. The molecular weight excluding hydrogens is 246 g/mol. The van der Waals surface area contributed by atoms with Crippen molar-refractivity contribution in [3.63, 3.8) is 0 Å². The van der Waals surface area contributed by atoms with Gasteiger partial charge in [0, 0.05) is 12.5 Å². The normalized spacial score (nSPS) is 13.9. The van der Waals surface area contributed by atoms with E-state index in [1.165, 1.54) is 0 Å². The third kappa shape index (κ3) is 2.05. The fourth-order valence-corrected chi connectivity index (χ4v) is 2.11. The highest BCUT2D eigenvalue weighted by atomic mass is 16.5. The van der Waals surface area contributed by atoms with Crippen LogP contribution in [0.1, 0.15) is 6.42 Å². The lowest BCUT2D eigenvalue weighted by atomic mass is 10.1. The summed E-state index contributed by atoms with van der Waals surface area (Å²) in [5.74, 6) is 2.49. The molecule has 3 rings (SSSR count). The average Bonchev–Trinajstić information content (AvgIpc) is 2.71. The number of rotatable bonds is 2. The van der Waals surface area contributed by atoms with Crippen LogP contribution in [0.4, 0.5) is 5.82 Å². The number of nitrogens with two attached hydrogens (primary N) is 1. The molecular formula is C13H15N3O3. The van der Waals surface area contributed by atoms with Gasteiger partial charge >= 0.3 is 0 Å². The summed E-state index contributed by atoms with van der Waals surface area (Å²) in [6.07, 6.45) is 0.849. The molecule has 0 saturated heterocycles. The van der Waals surface area contributed by atoms with Crippen LogP contribution in [0.2, 0.25) is 0 Å². The molecule has 0 fully saturated rings. The highest BCUT2D eigenvalue weighted by Crippen LogP contribution is 2.45. The molecule has 1 aliphatic rings. The number of nitrogens with one attached hydrogen (secondary N) is 1. The monoisotopic (exact) mass is 261 g/mol. The number of hydrogen-bond acceptors (Lipinski definition) is 5. The number of nitrogen functional groups attached to an aromatic ring is 1. The number of aromatic nitrogens is 2. The summed E-state index contributed by atoms with van der Waals surface area (Å²) in [4.78, 5) is 0. The molecule has 6 nitrogen and oxygen atoms in total. The molecule has 1 aliphatic heterocycles. The average molecular weight is 261 g/mol. The molecule has 0 spiro atoms. The number of ether oxygens (including phenoxy) is 3. The van der Waals surface area contributed by atoms with Crippen LogP contribution >= 0.6 is 0 Å². The molecule has 0 atom stereocenters. The SMILES string of the molecule is COc1ccc2c(c1-c1cc(N)n[nH]1)OCCCO2. The Morgan fingerprint density at radius 3 is 2.89 bits per heavy atom. The van der Waals surface area contributed by atoms with E-state index in [1.54, 1.807) is 13.2 Å². The van der Waals surface area contributed by atoms with Crippen LogP contribution in [0.3, 0.4) is 0 Å². The van der Waals surface area contributed by atoms with Crippen LogP contribution < -0.4 is 19.9 Å². The predicted octanol–water partition coefficient (Wildman–Crippen LogP) is 1.83. The number of hydrogen-bond donors (Lipinski definition) is 2. The first kappa shape index (κ1) is 11.7. The second-order valence-electron chi connectivity index (χ2n) is 4.23. The second kappa shape index (κ2) is 4.72. The lowest BCUT2D eigenvalue weighted by molar-refractivity contribution is 0.297. The van der Waals surface area contributed by atoms with Crippen molar-refractivity contribution in [3.05, 3.63) is 18.2 Å². The Bertz CT molecular complexity index is 595. The Morgan fingerprint density at radius 1 is 1.32 bits per heavy atom. The Balaban J connectivity index is 2.19. The Kier molecular flexibility index (Phi) is 2.91. The molecule has 0 radical (unpaired) electrons. The minimum absolute atomic E-state index is 0.421. The van der Waals surface area contributed by atoms with E-state index in [2.05, 4.69) is 10.2 Å². The van der Waals surface area contributed by atoms with E-state index in [1.807, 2.05) is 12.1 Å². The first-order valence-electron chi connectivity index (χ1n) is 6.07. The van der Waals surface area contributed by atoms with E-state index in [9.17, 15) is 0 Å². The summed E-state index contributed by atoms with van der Waals surface area (Å²) in [6, 6.07) is 5.44. The molecule has 6 heteroatoms. The van der Waals surface area contributed by atoms with Crippen molar-refractivity contribution in [1.29, 1.82) is 0 Å². The van der Waals surface area contributed by atoms with Crippen molar-refractivity contribution < 1.29 is 14.2 Å². The number of nitrogens with zero attached hydrogens (tertiary/aromatic N) is 1. The van der Waals surface area contributed by atoms with Gasteiger partial charge in [-0.2, -0.15) is 5.10 Å². The highest BCUT2D eigenvalue weighted by molar-refractivity contribution is 5.78. The molecule has 1 aromatic carbocycles. The van der Waals surface area contributed by atoms with Gasteiger partial charge in [-0.1, -0.05) is 0 Å². The zero-order chi connectivity index (χ0) is 13.2. The molecule has 0 saturated carbocycles. The van der Waals surface area contributed by atoms with Gasteiger partial charge in [0.1, 0.15) is 11.6 Å². The predicted molar refractivity (Wildman–Crippen MR) is 70.6 cm³/mol. The van der Waals surface area contributed by atoms with E-state index in [4.69, 9.17) is 19.9 Å². The van der Waals surface area contributed by atoms with Crippen LogP contribution in [-0.4, -0.2) is 30.5 Å². The molecule has 2 aromatic rings. The van der Waals surface area contributed by atoms with E-state index >= 15 is 0 Å². The third-order valence-corrected chi connectivity index (χ3v) is 2.96. The summed E-state index contributed by atoms with van der Waals surface area (Å²) < 4.78 is 16.9. The maximum Gasteiger partial charge on any atom is 0.174 e. The van der Waals surface area contributed by atoms with Gasteiger partial charge < -0.3 is 19.9 Å². The van der Waals surface area contributed by atoms with Gasteiger partial charge in [-0.25, -0.2) is 0 Å². The number of anilines is 1. The molecule has 100 valence electrons. The Hall–Kier alpha value is -2.37. The Morgan fingerprint density at radius 2 is 2.16 bits per heavy atom. The molecule has 0 unspecified atom stereocenters. The number of H-pyrrole nitrogens is 1. The second-order valence-corrected chi connectivity index (χ2v) is 4.23. The van der Waals surface area contributed by atoms with Crippen LogP contribution in [0, 0.1) is 0 Å². The van der Waals surface area contributed by atoms with Gasteiger partial charge in [0.05, 0.1) is 31.6 Å². The van der Waals surface area contributed by atoms with Gasteiger partial charge in [0.15, 0.2) is 11.5 Å². The minimum atomic E-state index is 0.421. The molecule has 2 heterocycles. The fourth-order valence-electron chi connectivity index (χ4n) is 2.11. The summed E-state index contributed by atoms with van der Waals surface area (Å²) in [5.41, 5.74) is 7.19. The maximum atomic E-state index is 5.79. The lowest BCUT2D eigenvalue weighted by Crippen LogP contribution is -1.98. The lowest BCUT2D eigenvalue weighted by Gasteiger charge is -2.14. The van der Waals surface area contributed by atoms with Crippen molar-refractivity contribution in [1.82, 2.24) is 10.2 Å². The molecule has 19 heavy (non-hydrogen) atoms. The largest absolute Gasteiger partial charge is 0.496 e. The topological polar surface area (TPSA) is 82.4 Å². The molecule has 1 aromatic heterocycles. The van der Waals surface area contributed by atoms with Crippen LogP contribution in [0.5, 0.6) is 17.2 Å². The number of methoxy groups -OCH3 is 1. The van der Waals surface area contributed by atoms with Crippen molar-refractivity contribution in [3.8, 4) is 28.5 Å². The summed E-state index contributed by atoms with van der Waals surface area (Å²) in [6.45, 7) is 1.25. The van der Waals surface area contributed by atoms with Gasteiger partial charge in [0.25, 0.3) is 0 Å². The van der Waals surface area contributed by atoms with Gasteiger partial charge in [-0.3, -0.25) is 5.10 Å². The van der Waals surface area contributed by atoms with E-state index in [0.29, 0.717) is 36.3 Å². The van der Waals surface area contributed by atoms with Crippen molar-refractivity contribution in [2.24, 2.45) is 0 Å². The fraction of sp³-hybridized carbons (Fsp3) is 0.308. The zero-order valence-electron chi connectivity index (χ0n) is 10.6. The van der Waals surface area contributed by atoms with Crippen LogP contribution in [0.25, 0.3) is 11.3 Å². The standard InChI is InChI=1S/C13H15N3O3/c1-17-9-3-4-10-13(19-6-2-5-18-10)12(9)8-7-11(14)16-15-8/h3-4,7H,2,5-6H2,1H3,(H3,14,15,16). The smallest absolute Gasteiger partial charge is 0.174 e. The summed E-state index contributed by atoms with van der Waals surface area (Å²) in [7, 11) is 1.61. The van der Waals surface area contributed by atoms with E-state index in [0.717, 1.165) is 17.7 Å². The van der Waals surface area contributed by atoms with Crippen molar-refractivity contribution in [2.45, 2.75) is 6.42 Å². The van der Waals surface area contributed by atoms with E-state index in [-0.39, 0.29) is 0 Å². The highest BCUT2D eigenvalue weighted by Gasteiger charge is 2.21. The molecule has 0 bridgehead atoms. The maximum absolute atomic E-state index is 5.79. The molecule has 0 amide bonds. The van der Waals surface area contributed by atoms with E-state index < -0.39 is 0 Å². The third-order valence-electron chi connectivity index (χ3n) is 2.96. The zero-order valence-corrected chi connectivity index (χ0v) is 10.6. The van der Waals surface area contributed by atoms with Gasteiger partial charge in [0.2, 0.25) is 0 Å². The quantitative estimate of drug-likeness (QED) is 0.861. The van der Waals surface area contributed by atoms with Crippen LogP contribution in [0.15, 0.2) is 18.2 Å². The number of benzene rings is 1. The van der Waals surface area contributed by atoms with Gasteiger partial charge in [-0.05, 0) is 12.1 Å². The minimum Gasteiger partial charge on any atom is -0.496 e.